The van der Waals surface area contributed by atoms with Crippen LogP contribution in [0.2, 0.25) is 0 Å². The summed E-state index contributed by atoms with van der Waals surface area (Å²) >= 11 is 0. The maximum Gasteiger partial charge on any atom is 0.225 e. The average Bonchev–Trinajstić information content (AvgIpc) is 2.78. The zero-order valence-electron chi connectivity index (χ0n) is 17.4. The number of benzene rings is 3. The molecule has 0 aliphatic rings. The molecule has 0 spiro atoms. The lowest BCUT2D eigenvalue weighted by Gasteiger charge is -2.12. The third-order valence-corrected chi connectivity index (χ3v) is 4.09. The molecule has 0 fully saturated rings. The van der Waals surface area contributed by atoms with Crippen molar-refractivity contribution in [3.8, 4) is 23.0 Å². The standard InChI is InChI=1S/C25H25NO4/c1-4-28-21-13-10-14-22(17-21)30-25(26-20-11-6-5-7-12-20)19(2)18-29-24-16-9-8-15-23(24)27-3/h5-18H,4H2,1-3H3. The van der Waals surface area contributed by atoms with E-state index in [1.807, 2.05) is 92.7 Å². The van der Waals surface area contributed by atoms with Crippen LogP contribution in [0.4, 0.5) is 5.69 Å². The summed E-state index contributed by atoms with van der Waals surface area (Å²) < 4.78 is 22.8. The molecule has 5 heteroatoms. The molecule has 3 rings (SSSR count). The van der Waals surface area contributed by atoms with E-state index in [1.165, 1.54) is 0 Å². The summed E-state index contributed by atoms with van der Waals surface area (Å²) in [6.45, 7) is 4.40. The van der Waals surface area contributed by atoms with Crippen molar-refractivity contribution in [1.29, 1.82) is 0 Å². The number of rotatable bonds is 8. The fourth-order valence-corrected chi connectivity index (χ4v) is 2.64. The number of para-hydroxylation sites is 3. The van der Waals surface area contributed by atoms with Crippen LogP contribution in [0.25, 0.3) is 0 Å². The monoisotopic (exact) mass is 403 g/mol. The number of hydrogen-bond donors (Lipinski definition) is 0. The minimum Gasteiger partial charge on any atom is -0.494 e. The number of hydrogen-bond acceptors (Lipinski definition) is 5. The largest absolute Gasteiger partial charge is 0.494 e. The van der Waals surface area contributed by atoms with Gasteiger partial charge in [-0.05, 0) is 50.2 Å². The fraction of sp³-hybridized carbons (Fsp3) is 0.160. The van der Waals surface area contributed by atoms with Gasteiger partial charge in [-0.1, -0.05) is 36.4 Å². The van der Waals surface area contributed by atoms with E-state index in [0.717, 1.165) is 11.4 Å². The first-order valence-corrected chi connectivity index (χ1v) is 9.71. The molecule has 0 saturated carbocycles. The number of nitrogens with zero attached hydrogens (tertiary/aromatic N) is 1. The first-order chi connectivity index (χ1) is 14.7. The van der Waals surface area contributed by atoms with Crippen LogP contribution in [0, 0.1) is 0 Å². The SMILES string of the molecule is CCOc1cccc(OC(=Nc2ccccc2)C(C)=COc2ccccc2OC)c1. The van der Waals surface area contributed by atoms with E-state index >= 15 is 0 Å². The Morgan fingerprint density at radius 1 is 0.867 bits per heavy atom. The highest BCUT2D eigenvalue weighted by molar-refractivity contribution is 5.96. The van der Waals surface area contributed by atoms with E-state index < -0.39 is 0 Å². The summed E-state index contributed by atoms with van der Waals surface area (Å²) in [5, 5.41) is 0. The molecule has 0 bridgehead atoms. The molecule has 0 N–H and O–H groups in total. The van der Waals surface area contributed by atoms with Crippen molar-refractivity contribution in [2.45, 2.75) is 13.8 Å². The Hall–Kier alpha value is -3.73. The minimum atomic E-state index is 0.421. The number of ether oxygens (including phenoxy) is 4. The van der Waals surface area contributed by atoms with Crippen LogP contribution in [0.5, 0.6) is 23.0 Å². The summed E-state index contributed by atoms with van der Waals surface area (Å²) in [4.78, 5) is 4.66. The van der Waals surface area contributed by atoms with Crippen molar-refractivity contribution < 1.29 is 18.9 Å². The minimum absolute atomic E-state index is 0.421. The molecule has 0 unspecified atom stereocenters. The van der Waals surface area contributed by atoms with Gasteiger partial charge in [-0.3, -0.25) is 0 Å². The Labute approximate surface area is 177 Å². The van der Waals surface area contributed by atoms with Gasteiger partial charge in [0, 0.05) is 11.6 Å². The van der Waals surface area contributed by atoms with Crippen LogP contribution < -0.4 is 18.9 Å². The predicted molar refractivity (Wildman–Crippen MR) is 119 cm³/mol. The molecule has 0 amide bonds. The molecule has 30 heavy (non-hydrogen) atoms. The smallest absolute Gasteiger partial charge is 0.225 e. The highest BCUT2D eigenvalue weighted by Crippen LogP contribution is 2.27. The molecule has 0 radical (unpaired) electrons. The van der Waals surface area contributed by atoms with Crippen molar-refractivity contribution in [3.05, 3.63) is 90.7 Å². The first-order valence-electron chi connectivity index (χ1n) is 9.71. The molecule has 5 nitrogen and oxygen atoms in total. The van der Waals surface area contributed by atoms with E-state index in [9.17, 15) is 0 Å². The van der Waals surface area contributed by atoms with E-state index in [-0.39, 0.29) is 0 Å². The Bertz CT molecular complexity index is 1010. The van der Waals surface area contributed by atoms with Gasteiger partial charge in [0.15, 0.2) is 11.5 Å². The van der Waals surface area contributed by atoms with E-state index in [0.29, 0.717) is 35.3 Å². The molecule has 0 aliphatic heterocycles. The lowest BCUT2D eigenvalue weighted by Crippen LogP contribution is -2.11. The van der Waals surface area contributed by atoms with Crippen molar-refractivity contribution in [2.75, 3.05) is 13.7 Å². The predicted octanol–water partition coefficient (Wildman–Crippen LogP) is 6.19. The molecule has 0 aromatic heterocycles. The quantitative estimate of drug-likeness (QED) is 0.256. The van der Waals surface area contributed by atoms with Gasteiger partial charge < -0.3 is 18.9 Å². The van der Waals surface area contributed by atoms with Gasteiger partial charge in [0.25, 0.3) is 0 Å². The van der Waals surface area contributed by atoms with Crippen molar-refractivity contribution in [2.24, 2.45) is 4.99 Å². The normalized spacial score (nSPS) is 11.7. The molecule has 0 saturated heterocycles. The second kappa shape index (κ2) is 10.7. The van der Waals surface area contributed by atoms with Gasteiger partial charge in [-0.25, -0.2) is 4.99 Å². The lowest BCUT2D eigenvalue weighted by molar-refractivity contribution is 0.339. The third kappa shape index (κ3) is 5.88. The highest BCUT2D eigenvalue weighted by atomic mass is 16.5. The highest BCUT2D eigenvalue weighted by Gasteiger charge is 2.10. The summed E-state index contributed by atoms with van der Waals surface area (Å²) in [5.41, 5.74) is 1.49. The Kier molecular flexibility index (Phi) is 7.50. The molecular weight excluding hydrogens is 378 g/mol. The summed E-state index contributed by atoms with van der Waals surface area (Å²) in [6, 6.07) is 24.5. The fourth-order valence-electron chi connectivity index (χ4n) is 2.64. The summed E-state index contributed by atoms with van der Waals surface area (Å²) in [5.74, 6) is 3.04. The van der Waals surface area contributed by atoms with Gasteiger partial charge in [0.1, 0.15) is 11.5 Å². The number of methoxy groups -OCH3 is 1. The van der Waals surface area contributed by atoms with Gasteiger partial charge >= 0.3 is 0 Å². The van der Waals surface area contributed by atoms with Gasteiger partial charge in [0.2, 0.25) is 5.90 Å². The van der Waals surface area contributed by atoms with Crippen LogP contribution >= 0.6 is 0 Å². The molecule has 3 aromatic rings. The maximum atomic E-state index is 6.10. The maximum absolute atomic E-state index is 6.10. The van der Waals surface area contributed by atoms with Gasteiger partial charge in [-0.15, -0.1) is 0 Å². The summed E-state index contributed by atoms with van der Waals surface area (Å²) in [6.07, 6.45) is 1.60. The van der Waals surface area contributed by atoms with Crippen LogP contribution in [0.15, 0.2) is 95.7 Å². The molecule has 0 heterocycles. The summed E-state index contributed by atoms with van der Waals surface area (Å²) in [7, 11) is 1.61. The molecular formula is C25H25NO4. The van der Waals surface area contributed by atoms with E-state index in [2.05, 4.69) is 4.99 Å². The second-order valence-corrected chi connectivity index (χ2v) is 6.33. The van der Waals surface area contributed by atoms with Crippen molar-refractivity contribution >= 4 is 11.6 Å². The number of aliphatic imine (C=N–C) groups is 1. The zero-order valence-corrected chi connectivity index (χ0v) is 17.4. The molecule has 0 atom stereocenters. The second-order valence-electron chi connectivity index (χ2n) is 6.33. The molecule has 3 aromatic carbocycles. The zero-order chi connectivity index (χ0) is 21.2. The third-order valence-electron chi connectivity index (χ3n) is 4.09. The van der Waals surface area contributed by atoms with Crippen LogP contribution in [-0.2, 0) is 0 Å². The van der Waals surface area contributed by atoms with Crippen LogP contribution in [0.1, 0.15) is 13.8 Å². The van der Waals surface area contributed by atoms with Crippen molar-refractivity contribution in [1.82, 2.24) is 0 Å². The van der Waals surface area contributed by atoms with E-state index in [1.54, 1.807) is 13.4 Å². The first kappa shape index (κ1) is 21.0. The Balaban J connectivity index is 1.89. The van der Waals surface area contributed by atoms with Gasteiger partial charge in [-0.2, -0.15) is 0 Å². The van der Waals surface area contributed by atoms with E-state index in [4.69, 9.17) is 18.9 Å². The molecule has 0 aliphatic carbocycles. The van der Waals surface area contributed by atoms with Gasteiger partial charge in [0.05, 0.1) is 25.7 Å². The molecule has 154 valence electrons. The topological polar surface area (TPSA) is 49.3 Å². The average molecular weight is 403 g/mol. The Morgan fingerprint density at radius 3 is 2.30 bits per heavy atom. The van der Waals surface area contributed by atoms with Crippen molar-refractivity contribution in [3.63, 3.8) is 0 Å². The lowest BCUT2D eigenvalue weighted by atomic mass is 10.3. The van der Waals surface area contributed by atoms with Crippen LogP contribution in [-0.4, -0.2) is 19.6 Å². The Morgan fingerprint density at radius 2 is 1.57 bits per heavy atom. The van der Waals surface area contributed by atoms with Crippen LogP contribution in [0.3, 0.4) is 0 Å².